The Labute approximate surface area is 492 Å². The number of hydrogen-bond acceptors (Lipinski definition) is 22. The predicted molar refractivity (Wildman–Crippen MR) is 288 cm³/mol. The van der Waals surface area contributed by atoms with Crippen molar-refractivity contribution < 1.29 is 110 Å². The summed E-state index contributed by atoms with van der Waals surface area (Å²) in [5, 5.41) is 0. The fraction of sp³-hybridized carbons (Fsp3) is 0.444. The minimum Gasteiger partial charge on any atom is -0.463 e. The number of ketones is 2. The molecule has 0 bridgehead atoms. The van der Waals surface area contributed by atoms with Crippen LogP contribution >= 0.6 is 23.5 Å². The number of aryl methyl sites for hydroxylation is 2. The molecule has 81 heavy (non-hydrogen) atoms. The van der Waals surface area contributed by atoms with Gasteiger partial charge in [-0.25, -0.2) is 26.3 Å². The van der Waals surface area contributed by atoms with Gasteiger partial charge in [-0.05, 0) is 89.5 Å². The number of thioether (sulfide) groups is 2. The van der Waals surface area contributed by atoms with Gasteiger partial charge < -0.3 is 37.9 Å². The van der Waals surface area contributed by atoms with Gasteiger partial charge in [-0.3, -0.25) is 38.4 Å². The maximum atomic E-state index is 13.4. The third kappa shape index (κ3) is 21.6. The molecule has 2 aliphatic carbocycles. The average molecular weight is 1250 g/mol. The molecule has 2 aromatic carbocycles. The van der Waals surface area contributed by atoms with Crippen LogP contribution in [0.25, 0.3) is 0 Å². The zero-order valence-electron chi connectivity index (χ0n) is 45.4. The summed E-state index contributed by atoms with van der Waals surface area (Å²) < 4.78 is 103. The van der Waals surface area contributed by atoms with Crippen molar-refractivity contribution in [3.05, 3.63) is 123 Å². The normalized spacial score (nSPS) is 24.9. The van der Waals surface area contributed by atoms with E-state index in [9.17, 15) is 55.2 Å². The van der Waals surface area contributed by atoms with Crippen LogP contribution in [0.15, 0.2) is 58.3 Å². The number of ether oxygens (including phenoxy) is 8. The Kier molecular flexibility index (Phi) is 27.8. The van der Waals surface area contributed by atoms with Crippen molar-refractivity contribution in [3.8, 4) is 0 Å². The van der Waals surface area contributed by atoms with Crippen LogP contribution in [0.4, 0.5) is 0 Å². The molecule has 2 saturated carbocycles. The van der Waals surface area contributed by atoms with Gasteiger partial charge in [0.25, 0.3) is 0 Å². The van der Waals surface area contributed by atoms with E-state index in [0.29, 0.717) is 11.8 Å². The fourth-order valence-electron chi connectivity index (χ4n) is 8.22. The van der Waals surface area contributed by atoms with Crippen molar-refractivity contribution in [1.82, 2.24) is 9.44 Å². The number of nitrogens with one attached hydrogen (secondary N) is 2. The van der Waals surface area contributed by atoms with Crippen LogP contribution in [0.1, 0.15) is 65.5 Å². The van der Waals surface area contributed by atoms with E-state index in [4.69, 9.17) is 37.9 Å². The number of esters is 6. The first-order valence-corrected chi connectivity index (χ1v) is 30.0. The van der Waals surface area contributed by atoms with Crippen LogP contribution in [-0.2, 0) is 113 Å². The van der Waals surface area contributed by atoms with E-state index in [1.54, 1.807) is 75.6 Å². The topological polar surface area (TPSA) is 303 Å². The quantitative estimate of drug-likeness (QED) is 0.0858. The molecule has 4 fully saturated rings. The minimum atomic E-state index is -4.18. The van der Waals surface area contributed by atoms with E-state index < -0.39 is 115 Å². The van der Waals surface area contributed by atoms with Crippen LogP contribution < -0.4 is 9.44 Å². The molecule has 2 N–H and O–H groups in total. The molecule has 0 spiro atoms. The number of Topliss-reactive ketones (excluding diaryl/α,β-unsaturated/α-hetero) is 2. The van der Waals surface area contributed by atoms with E-state index in [1.165, 1.54) is 38.1 Å². The van der Waals surface area contributed by atoms with E-state index in [2.05, 4.69) is 9.44 Å². The molecular weight excluding hydrogens is 1180 g/mol. The summed E-state index contributed by atoms with van der Waals surface area (Å²) in [7, 11) is -8.36. The van der Waals surface area contributed by atoms with Gasteiger partial charge in [0.2, 0.25) is 20.0 Å². The van der Waals surface area contributed by atoms with Crippen LogP contribution in [0, 0.1) is 77.0 Å². The monoisotopic (exact) mass is 1240 g/mol. The first-order chi connectivity index (χ1) is 37.7. The summed E-state index contributed by atoms with van der Waals surface area (Å²) in [5.41, 5.74) is -0.346. The third-order valence-corrected chi connectivity index (χ3v) is 17.1. The van der Waals surface area contributed by atoms with Crippen molar-refractivity contribution in [2.75, 3.05) is 24.7 Å². The van der Waals surface area contributed by atoms with Crippen molar-refractivity contribution in [2.24, 2.45) is 0 Å². The Bertz CT molecular complexity index is 2520. The zero-order chi connectivity index (χ0) is 58.9. The van der Waals surface area contributed by atoms with Crippen molar-refractivity contribution in [2.45, 2.75) is 138 Å². The molecule has 10 atom stereocenters. The smallest absolute Gasteiger partial charge is 0.463 e. The summed E-state index contributed by atoms with van der Waals surface area (Å²) in [6.07, 6.45) is 6.49. The van der Waals surface area contributed by atoms with Gasteiger partial charge in [0.15, 0.2) is 24.4 Å². The van der Waals surface area contributed by atoms with Gasteiger partial charge in [0.05, 0.1) is 21.9 Å². The molecule has 4 aliphatic rings. The Morgan fingerprint density at radius 3 is 1.05 bits per heavy atom. The molecule has 0 unspecified atom stereocenters. The van der Waals surface area contributed by atoms with Gasteiger partial charge in [0, 0.05) is 77.7 Å². The fourth-order valence-corrected chi connectivity index (χ4v) is 13.3. The Morgan fingerprint density at radius 2 is 0.765 bits per heavy atom. The van der Waals surface area contributed by atoms with E-state index in [1.807, 2.05) is 13.8 Å². The maximum Gasteiger partial charge on any atom is 2.00 e. The van der Waals surface area contributed by atoms with Crippen molar-refractivity contribution >= 4 is 91.0 Å². The Morgan fingerprint density at radius 1 is 0.469 bits per heavy atom. The number of benzene rings is 2. The molecular formula is C54H64FeN2O20S4+2. The molecule has 440 valence electrons. The van der Waals surface area contributed by atoms with Gasteiger partial charge in [0.1, 0.15) is 47.9 Å². The average Bonchev–Trinajstić information content (AvgIpc) is 4.16. The second-order valence-corrected chi connectivity index (χ2v) is 24.2. The van der Waals surface area contributed by atoms with Crippen LogP contribution in [0.3, 0.4) is 0 Å². The summed E-state index contributed by atoms with van der Waals surface area (Å²) in [6, 6.07) is 9.75. The Hall–Kier alpha value is -4.44. The summed E-state index contributed by atoms with van der Waals surface area (Å²) in [4.78, 5) is 96.4. The summed E-state index contributed by atoms with van der Waals surface area (Å²) in [6.45, 7) is 9.82. The van der Waals surface area contributed by atoms with Crippen LogP contribution in [-0.4, -0.2) is 149 Å². The number of sulfonamides is 2. The van der Waals surface area contributed by atoms with Gasteiger partial charge in [-0.1, -0.05) is 35.4 Å². The van der Waals surface area contributed by atoms with Gasteiger partial charge in [-0.2, -0.15) is 0 Å². The molecule has 27 heteroatoms. The van der Waals surface area contributed by atoms with Gasteiger partial charge >= 0.3 is 52.9 Å². The SMILES string of the molecule is CC(=O)OC[C@H]1O[C@@H](SCCC(=O)[C]2[CH][CH][CH][CH]2)[C@H](NS(=O)(=O)c2ccc(C)cc2)[C@@H](OC(C)=O)[C@@H]1OC(C)=O.CC(=O)OC[C@H]1O[C@@H](SCCC(=O)[C]2[CH][CH][CH][CH]2)[C@H](NS(=O)(=O)c2ccc(C)cc2)[C@@H](OC(C)=O)[C@@H]1OC(C)=O.[Fe+2]. The zero-order valence-corrected chi connectivity index (χ0v) is 49.8. The van der Waals surface area contributed by atoms with E-state index in [-0.39, 0.29) is 76.0 Å². The summed E-state index contributed by atoms with van der Waals surface area (Å²) in [5.74, 6) is -2.95. The van der Waals surface area contributed by atoms with Gasteiger partial charge in [-0.15, -0.1) is 23.5 Å². The first kappa shape index (κ1) is 69.1. The molecule has 2 heterocycles. The molecule has 6 rings (SSSR count). The largest absolute Gasteiger partial charge is 2.00 e. The Balaban J connectivity index is 0.000000344. The molecule has 0 aromatic heterocycles. The number of hydrogen-bond donors (Lipinski definition) is 2. The molecule has 22 nitrogen and oxygen atoms in total. The molecule has 2 saturated heterocycles. The maximum absolute atomic E-state index is 13.4. The molecule has 0 amide bonds. The number of rotatable bonds is 24. The number of carbonyl (C=O) groups excluding carboxylic acids is 8. The molecule has 10 radical (unpaired) electrons. The van der Waals surface area contributed by atoms with E-state index >= 15 is 0 Å². The molecule has 2 aliphatic heterocycles. The van der Waals surface area contributed by atoms with Crippen molar-refractivity contribution in [1.29, 1.82) is 0 Å². The predicted octanol–water partition coefficient (Wildman–Crippen LogP) is 3.78. The standard InChI is InChI=1S/2C27H32NO10S2.Fe/c2*1-16-9-11-21(12-10-16)40(33,34)28-24-26(37-19(4)31)25(36-18(3)30)23(15-35-17(2)29)38-27(24)39-14-13-22(32)20-7-5-6-8-20;/h2*5-12,23-28H,13-15H2,1-4H3;/q;;+2/t2*23-,24-,25-,26-,27+;/m11./s1. The van der Waals surface area contributed by atoms with E-state index in [0.717, 1.165) is 62.3 Å². The second kappa shape index (κ2) is 32.6. The first-order valence-electron chi connectivity index (χ1n) is 24.9. The summed E-state index contributed by atoms with van der Waals surface area (Å²) >= 11 is 2.23. The third-order valence-electron chi connectivity index (χ3n) is 11.8. The minimum absolute atomic E-state index is 0. The van der Waals surface area contributed by atoms with Crippen molar-refractivity contribution in [3.63, 3.8) is 0 Å². The van der Waals surface area contributed by atoms with Crippen LogP contribution in [0.2, 0.25) is 0 Å². The number of carbonyl (C=O) groups is 8. The second-order valence-electron chi connectivity index (χ2n) is 18.3. The van der Waals surface area contributed by atoms with Crippen LogP contribution in [0.5, 0.6) is 0 Å². The molecule has 2 aromatic rings.